The fourth-order valence-corrected chi connectivity index (χ4v) is 5.24. The quantitative estimate of drug-likeness (QED) is 0.316. The van der Waals surface area contributed by atoms with Crippen molar-refractivity contribution in [1.29, 1.82) is 0 Å². The summed E-state index contributed by atoms with van der Waals surface area (Å²) in [5.41, 5.74) is 0.958. The largest absolute Gasteiger partial charge is 0.449 e. The Hall–Kier alpha value is -3.20. The SMILES string of the molecule is O[C@H](CN1CCN(C[C@@H](O)Cn2c(C(F)(F)F)nc3ccccc32)CC1)Cn1c(C(F)(F)F)nc2ccccc21. The molecule has 1 aliphatic rings. The van der Waals surface area contributed by atoms with Gasteiger partial charge in [-0.3, -0.25) is 9.80 Å². The lowest BCUT2D eigenvalue weighted by Crippen LogP contribution is -2.51. The second-order valence-corrected chi connectivity index (χ2v) is 9.97. The number of halogens is 6. The molecule has 14 heteroatoms. The topological polar surface area (TPSA) is 82.6 Å². The van der Waals surface area contributed by atoms with E-state index in [2.05, 4.69) is 9.97 Å². The Morgan fingerprint density at radius 2 is 0.950 bits per heavy atom. The first kappa shape index (κ1) is 28.3. The number of piperazine rings is 1. The Labute approximate surface area is 225 Å². The number of para-hydroxylation sites is 4. The summed E-state index contributed by atoms with van der Waals surface area (Å²) in [4.78, 5) is 11.2. The highest BCUT2D eigenvalue weighted by molar-refractivity contribution is 5.76. The number of imidazole rings is 2. The molecule has 2 aromatic heterocycles. The summed E-state index contributed by atoms with van der Waals surface area (Å²) in [6, 6.07) is 12.4. The fourth-order valence-electron chi connectivity index (χ4n) is 5.24. The average Bonchev–Trinajstić information content (AvgIpc) is 3.44. The van der Waals surface area contributed by atoms with Crippen LogP contribution in [0.25, 0.3) is 22.1 Å². The molecule has 4 aromatic rings. The highest BCUT2D eigenvalue weighted by Gasteiger charge is 2.39. The second kappa shape index (κ2) is 11.0. The van der Waals surface area contributed by atoms with E-state index in [1.807, 2.05) is 9.80 Å². The average molecular weight is 571 g/mol. The molecular formula is C26H28F6N6O2. The van der Waals surface area contributed by atoms with Crippen LogP contribution in [0.5, 0.6) is 0 Å². The summed E-state index contributed by atoms with van der Waals surface area (Å²) in [6.45, 7) is 1.60. The number of benzene rings is 2. The Morgan fingerprint density at radius 1 is 0.600 bits per heavy atom. The van der Waals surface area contributed by atoms with Gasteiger partial charge in [0.05, 0.1) is 47.4 Å². The molecule has 0 unspecified atom stereocenters. The van der Waals surface area contributed by atoms with Crippen molar-refractivity contribution in [2.75, 3.05) is 39.3 Å². The number of alkyl halides is 6. The van der Waals surface area contributed by atoms with Crippen molar-refractivity contribution < 1.29 is 36.6 Å². The van der Waals surface area contributed by atoms with Crippen LogP contribution in [-0.4, -0.2) is 90.6 Å². The fraction of sp³-hybridized carbons (Fsp3) is 0.462. The minimum atomic E-state index is -4.67. The Kier molecular flexibility index (Phi) is 7.79. The molecule has 0 radical (unpaired) electrons. The maximum atomic E-state index is 13.6. The zero-order valence-corrected chi connectivity index (χ0v) is 21.3. The molecule has 40 heavy (non-hydrogen) atoms. The van der Waals surface area contributed by atoms with E-state index < -0.39 is 36.2 Å². The van der Waals surface area contributed by atoms with Gasteiger partial charge in [-0.25, -0.2) is 9.97 Å². The van der Waals surface area contributed by atoms with Crippen LogP contribution in [0.15, 0.2) is 48.5 Å². The van der Waals surface area contributed by atoms with Gasteiger partial charge in [0.25, 0.3) is 0 Å². The van der Waals surface area contributed by atoms with Crippen LogP contribution in [0.2, 0.25) is 0 Å². The maximum absolute atomic E-state index is 13.6. The minimum absolute atomic E-state index is 0.135. The maximum Gasteiger partial charge on any atom is 0.449 e. The molecule has 1 aliphatic heterocycles. The molecule has 8 nitrogen and oxygen atoms in total. The van der Waals surface area contributed by atoms with E-state index in [1.165, 1.54) is 24.3 Å². The van der Waals surface area contributed by atoms with Crippen molar-refractivity contribution in [2.24, 2.45) is 0 Å². The van der Waals surface area contributed by atoms with Gasteiger partial charge in [-0.2, -0.15) is 26.3 Å². The summed E-state index contributed by atoms with van der Waals surface area (Å²) in [5.74, 6) is -2.13. The molecule has 5 rings (SSSR count). The smallest absolute Gasteiger partial charge is 0.390 e. The number of β-amino-alcohol motifs (C(OH)–C–C–N with tert-alkyl or cyclic N) is 2. The third kappa shape index (κ3) is 6.09. The molecule has 1 saturated heterocycles. The first-order chi connectivity index (χ1) is 18.9. The van der Waals surface area contributed by atoms with Crippen LogP contribution in [0.4, 0.5) is 26.3 Å². The van der Waals surface area contributed by atoms with Gasteiger partial charge in [-0.05, 0) is 24.3 Å². The first-order valence-electron chi connectivity index (χ1n) is 12.8. The van der Waals surface area contributed by atoms with E-state index in [1.54, 1.807) is 24.3 Å². The molecular weight excluding hydrogens is 542 g/mol. The van der Waals surface area contributed by atoms with E-state index in [-0.39, 0.29) is 48.2 Å². The molecule has 2 N–H and O–H groups in total. The van der Waals surface area contributed by atoms with Gasteiger partial charge < -0.3 is 19.3 Å². The zero-order valence-electron chi connectivity index (χ0n) is 21.3. The summed E-state index contributed by atoms with van der Waals surface area (Å²) >= 11 is 0. The predicted molar refractivity (Wildman–Crippen MR) is 134 cm³/mol. The Bertz CT molecular complexity index is 1350. The second-order valence-electron chi connectivity index (χ2n) is 9.97. The van der Waals surface area contributed by atoms with Crippen molar-refractivity contribution in [3.8, 4) is 0 Å². The lowest BCUT2D eigenvalue weighted by atomic mass is 10.2. The number of rotatable bonds is 8. The summed E-state index contributed by atoms with van der Waals surface area (Å²) in [6.07, 6.45) is -11.5. The van der Waals surface area contributed by atoms with Gasteiger partial charge in [0.2, 0.25) is 11.6 Å². The highest BCUT2D eigenvalue weighted by atomic mass is 19.4. The van der Waals surface area contributed by atoms with Crippen LogP contribution in [-0.2, 0) is 25.4 Å². The first-order valence-corrected chi connectivity index (χ1v) is 12.8. The highest BCUT2D eigenvalue weighted by Crippen LogP contribution is 2.33. The number of fused-ring (bicyclic) bond motifs is 2. The van der Waals surface area contributed by atoms with E-state index in [0.29, 0.717) is 26.2 Å². The molecule has 0 bridgehead atoms. The van der Waals surface area contributed by atoms with Gasteiger partial charge >= 0.3 is 12.4 Å². The molecule has 1 fully saturated rings. The van der Waals surface area contributed by atoms with Crippen molar-refractivity contribution in [1.82, 2.24) is 28.9 Å². The number of hydrogen-bond donors (Lipinski definition) is 2. The predicted octanol–water partition coefficient (Wildman–Crippen LogP) is 3.46. The van der Waals surface area contributed by atoms with Crippen LogP contribution < -0.4 is 0 Å². The van der Waals surface area contributed by atoms with Crippen LogP contribution in [0.3, 0.4) is 0 Å². The third-order valence-electron chi connectivity index (χ3n) is 7.01. The molecule has 2 aromatic carbocycles. The van der Waals surface area contributed by atoms with E-state index in [4.69, 9.17) is 0 Å². The third-order valence-corrected chi connectivity index (χ3v) is 7.01. The number of nitrogens with zero attached hydrogens (tertiary/aromatic N) is 6. The Morgan fingerprint density at radius 3 is 1.30 bits per heavy atom. The minimum Gasteiger partial charge on any atom is -0.390 e. The summed E-state index contributed by atoms with van der Waals surface area (Å²) < 4.78 is 83.3. The Balaban J connectivity index is 1.16. The number of aliphatic hydroxyl groups excluding tert-OH is 2. The van der Waals surface area contributed by atoms with Crippen LogP contribution >= 0.6 is 0 Å². The standard InChI is InChI=1S/C26H28F6N6O2/c27-25(28,29)23-33-19-5-1-3-7-21(19)37(23)15-17(39)13-35-9-11-36(12-10-35)14-18(40)16-38-22-8-4-2-6-20(22)34-24(38)26(30,31)32/h1-8,17-18,39-40H,9-16H2/t17-,18-/m1/s1. The van der Waals surface area contributed by atoms with Crippen LogP contribution in [0.1, 0.15) is 11.6 Å². The van der Waals surface area contributed by atoms with Gasteiger partial charge in [-0.15, -0.1) is 0 Å². The van der Waals surface area contributed by atoms with Gasteiger partial charge in [0, 0.05) is 39.3 Å². The van der Waals surface area contributed by atoms with E-state index in [0.717, 1.165) is 9.13 Å². The summed E-state index contributed by atoms with van der Waals surface area (Å²) in [5, 5.41) is 21.3. The molecule has 216 valence electrons. The number of hydrogen-bond acceptors (Lipinski definition) is 6. The normalized spacial score (nSPS) is 17.6. The summed E-state index contributed by atoms with van der Waals surface area (Å²) in [7, 11) is 0. The van der Waals surface area contributed by atoms with E-state index in [9.17, 15) is 36.6 Å². The van der Waals surface area contributed by atoms with Gasteiger partial charge in [0.1, 0.15) is 0 Å². The lowest BCUT2D eigenvalue weighted by Gasteiger charge is -2.36. The number of aromatic nitrogens is 4. The van der Waals surface area contributed by atoms with Crippen molar-refractivity contribution in [3.63, 3.8) is 0 Å². The monoisotopic (exact) mass is 570 g/mol. The zero-order chi connectivity index (χ0) is 28.7. The van der Waals surface area contributed by atoms with Gasteiger partial charge in [0.15, 0.2) is 0 Å². The van der Waals surface area contributed by atoms with Crippen LogP contribution in [0, 0.1) is 0 Å². The van der Waals surface area contributed by atoms with E-state index >= 15 is 0 Å². The van der Waals surface area contributed by atoms with Gasteiger partial charge in [-0.1, -0.05) is 24.3 Å². The molecule has 0 amide bonds. The number of aliphatic hydroxyl groups is 2. The molecule has 0 aliphatic carbocycles. The molecule has 0 spiro atoms. The van der Waals surface area contributed by atoms with Crippen molar-refractivity contribution >= 4 is 22.1 Å². The molecule has 0 saturated carbocycles. The van der Waals surface area contributed by atoms with Crippen molar-refractivity contribution in [3.05, 3.63) is 60.2 Å². The van der Waals surface area contributed by atoms with Crippen molar-refractivity contribution in [2.45, 2.75) is 37.7 Å². The lowest BCUT2D eigenvalue weighted by molar-refractivity contribution is -0.148. The molecule has 3 heterocycles. The molecule has 2 atom stereocenters.